The number of carbonyl (C=O) groups excluding carboxylic acids is 5. The maximum atomic E-state index is 12.4. The molecule has 0 spiro atoms. The molecule has 0 aromatic heterocycles. The van der Waals surface area contributed by atoms with E-state index in [9.17, 15) is 34.2 Å². The van der Waals surface area contributed by atoms with E-state index in [0.717, 1.165) is 0 Å². The average molecular weight is 867 g/mol. The van der Waals surface area contributed by atoms with Gasteiger partial charge < -0.3 is 29.2 Å². The van der Waals surface area contributed by atoms with Crippen LogP contribution in [0.15, 0.2) is 121 Å². The number of hydrogen-bond acceptors (Lipinski definition) is 11. The first kappa shape index (κ1) is 40.5. The monoisotopic (exact) mass is 864 g/mol. The lowest BCUT2D eigenvalue weighted by molar-refractivity contribution is -0.126. The summed E-state index contributed by atoms with van der Waals surface area (Å²) in [6, 6.07) is 34.1. The lowest BCUT2D eigenvalue weighted by atomic mass is 9.81. The third-order valence-corrected chi connectivity index (χ3v) is 11.2. The maximum Gasteiger partial charge on any atom is 0.338 e. The molecular weight excluding hydrogens is 828 g/mol. The van der Waals surface area contributed by atoms with Gasteiger partial charge in [-0.3, -0.25) is 4.79 Å². The zero-order valence-electron chi connectivity index (χ0n) is 28.9. The molecule has 282 valence electrons. The fourth-order valence-electron chi connectivity index (χ4n) is 5.97. The first-order chi connectivity index (χ1) is 26.0. The van der Waals surface area contributed by atoms with Crippen LogP contribution in [0.1, 0.15) is 67.1 Å². The van der Waals surface area contributed by atoms with Crippen molar-refractivity contribution in [3.05, 3.63) is 144 Å². The molecule has 13 heteroatoms. The van der Waals surface area contributed by atoms with Gasteiger partial charge in [-0.2, -0.15) is 0 Å². The lowest BCUT2D eigenvalue weighted by Crippen LogP contribution is -2.54. The molecule has 0 bridgehead atoms. The van der Waals surface area contributed by atoms with Crippen molar-refractivity contribution in [1.29, 1.82) is 0 Å². The number of esters is 4. The van der Waals surface area contributed by atoms with Crippen LogP contribution in [0.25, 0.3) is 0 Å². The van der Waals surface area contributed by atoms with E-state index in [1.807, 2.05) is 0 Å². The van der Waals surface area contributed by atoms with Gasteiger partial charge in [0.25, 0.3) is 0 Å². The van der Waals surface area contributed by atoms with Gasteiger partial charge in [-0.05, 0) is 48.5 Å². The number of benzene rings is 4. The molecule has 2 N–H and O–H groups in total. The minimum Gasteiger partial charge on any atom is -0.457 e. The number of Topliss-reactive ketones (excluding diaryl/α,β-unsaturated/α-hetero) is 1. The molecule has 4 aromatic carbocycles. The molecule has 4 atom stereocenters. The highest BCUT2D eigenvalue weighted by Gasteiger charge is 2.48. The molecular formula is C41H38Br2O11. The van der Waals surface area contributed by atoms with Crippen molar-refractivity contribution < 1.29 is 53.1 Å². The summed E-state index contributed by atoms with van der Waals surface area (Å²) in [6.07, 6.45) is -2.73. The van der Waals surface area contributed by atoms with Crippen molar-refractivity contribution in [2.75, 3.05) is 6.61 Å². The number of hydrogen-bond donors (Lipinski definition) is 2. The van der Waals surface area contributed by atoms with Crippen molar-refractivity contribution in [3.8, 4) is 0 Å². The molecule has 11 nitrogen and oxygen atoms in total. The molecule has 2 aliphatic carbocycles. The van der Waals surface area contributed by atoms with Crippen LogP contribution in [-0.2, 0) is 23.7 Å². The van der Waals surface area contributed by atoms with E-state index in [4.69, 9.17) is 18.9 Å². The molecule has 0 saturated heterocycles. The van der Waals surface area contributed by atoms with Crippen molar-refractivity contribution >= 4 is 61.5 Å². The third kappa shape index (κ3) is 10.9. The van der Waals surface area contributed by atoms with E-state index in [2.05, 4.69) is 31.9 Å². The third-order valence-electron chi connectivity index (χ3n) is 8.81. The summed E-state index contributed by atoms with van der Waals surface area (Å²) < 4.78 is 22.1. The Bertz CT molecular complexity index is 1750. The number of alkyl halides is 2. The molecule has 0 unspecified atom stereocenters. The van der Waals surface area contributed by atoms with Crippen molar-refractivity contribution in [2.45, 2.75) is 65.4 Å². The van der Waals surface area contributed by atoms with Crippen LogP contribution >= 0.6 is 31.9 Å². The molecule has 0 aliphatic heterocycles. The average Bonchev–Trinajstić information content (AvgIpc) is 3.20. The van der Waals surface area contributed by atoms with Crippen LogP contribution in [0, 0.1) is 0 Å². The Morgan fingerprint density at radius 2 is 0.778 bits per heavy atom. The van der Waals surface area contributed by atoms with Gasteiger partial charge in [0.15, 0.2) is 0 Å². The molecule has 0 amide bonds. The number of aliphatic hydroxyl groups excluding tert-OH is 1. The van der Waals surface area contributed by atoms with Gasteiger partial charge >= 0.3 is 23.9 Å². The van der Waals surface area contributed by atoms with Crippen LogP contribution < -0.4 is 0 Å². The van der Waals surface area contributed by atoms with Crippen LogP contribution in [0.2, 0.25) is 0 Å². The van der Waals surface area contributed by atoms with Gasteiger partial charge in [0.05, 0.1) is 44.1 Å². The second-order valence-electron chi connectivity index (χ2n) is 12.9. The molecule has 6 rings (SSSR count). The largest absolute Gasteiger partial charge is 0.457 e. The number of ether oxygens (including phenoxy) is 4. The molecule has 0 radical (unpaired) electrons. The fourth-order valence-corrected chi connectivity index (χ4v) is 7.15. The minimum atomic E-state index is -1.52. The van der Waals surface area contributed by atoms with Gasteiger partial charge in [-0.25, -0.2) is 19.2 Å². The predicted molar refractivity (Wildman–Crippen MR) is 204 cm³/mol. The SMILES string of the molecule is O=C(O[C@@H]1CC(O)(CO)C[C@@H](OC(=O)c2ccccc2)C1Br)c1ccccc1.O=C1C[C@@H](OC(=O)c2ccccc2)C(Br)[C@H](OC(=O)c2ccccc2)C1. The molecule has 2 fully saturated rings. The van der Waals surface area contributed by atoms with Crippen LogP contribution in [0.5, 0.6) is 0 Å². The molecule has 4 aromatic rings. The van der Waals surface area contributed by atoms with Crippen molar-refractivity contribution in [2.24, 2.45) is 0 Å². The quantitative estimate of drug-likeness (QED) is 0.111. The highest BCUT2D eigenvalue weighted by molar-refractivity contribution is 9.09. The van der Waals surface area contributed by atoms with Gasteiger partial charge in [0.2, 0.25) is 0 Å². The molecule has 2 saturated carbocycles. The van der Waals surface area contributed by atoms with Gasteiger partial charge in [-0.15, -0.1) is 0 Å². The summed E-state index contributed by atoms with van der Waals surface area (Å²) in [7, 11) is 0. The predicted octanol–water partition coefficient (Wildman–Crippen LogP) is 6.28. The summed E-state index contributed by atoms with van der Waals surface area (Å²) in [5.41, 5.74) is 0.0375. The fraction of sp³-hybridized carbons (Fsp3) is 0.293. The van der Waals surface area contributed by atoms with Crippen LogP contribution in [0.4, 0.5) is 0 Å². The maximum absolute atomic E-state index is 12.4. The number of ketones is 1. The molecule has 54 heavy (non-hydrogen) atoms. The number of rotatable bonds is 9. The zero-order valence-corrected chi connectivity index (χ0v) is 32.0. The molecule has 0 heterocycles. The van der Waals surface area contributed by atoms with E-state index in [1.165, 1.54) is 0 Å². The molecule has 2 aliphatic rings. The summed E-state index contributed by atoms with van der Waals surface area (Å²) >= 11 is 6.90. The number of aliphatic hydroxyl groups is 2. The Morgan fingerprint density at radius 3 is 1.06 bits per heavy atom. The van der Waals surface area contributed by atoms with E-state index in [-0.39, 0.29) is 31.5 Å². The standard InChI is InChI=1S/C21H21BrO6.C20H17BrO5/c22-18-16(27-19(24)14-7-3-1-4-8-14)11-21(26,13-23)12-17(18)28-20(25)15-9-5-2-6-10-15;21-18-16(25-19(23)13-7-3-1-4-8-13)11-15(22)12-17(18)26-20(24)14-9-5-2-6-10-14/h1-10,16-18,23,26H,11-13H2;1-10,16-18H,11-12H2/t16-,17-,18?,21?;16-,17-/m11/s1. The van der Waals surface area contributed by atoms with Gasteiger partial charge in [0, 0.05) is 25.7 Å². The van der Waals surface area contributed by atoms with E-state index < -0.39 is 70.2 Å². The summed E-state index contributed by atoms with van der Waals surface area (Å²) in [5.74, 6) is -2.24. The summed E-state index contributed by atoms with van der Waals surface area (Å²) in [4.78, 5) is 60.4. The Morgan fingerprint density at radius 1 is 0.519 bits per heavy atom. The van der Waals surface area contributed by atoms with Crippen LogP contribution in [-0.4, -0.2) is 86.2 Å². The topological polar surface area (TPSA) is 163 Å². The Hall–Kier alpha value is -4.69. The summed E-state index contributed by atoms with van der Waals surface area (Å²) in [6.45, 7) is -0.536. The number of halogens is 2. The van der Waals surface area contributed by atoms with Crippen LogP contribution in [0.3, 0.4) is 0 Å². The normalized spacial score (nSPS) is 23.9. The highest BCUT2D eigenvalue weighted by atomic mass is 79.9. The van der Waals surface area contributed by atoms with Gasteiger partial charge in [-0.1, -0.05) is 105 Å². The summed E-state index contributed by atoms with van der Waals surface area (Å²) in [5, 5.41) is 20.3. The zero-order chi connectivity index (χ0) is 38.7. The van der Waals surface area contributed by atoms with E-state index in [1.54, 1.807) is 121 Å². The minimum absolute atomic E-state index is 0.0252. The second kappa shape index (κ2) is 19.1. The smallest absolute Gasteiger partial charge is 0.338 e. The first-order valence-electron chi connectivity index (χ1n) is 17.1. The first-order valence-corrected chi connectivity index (χ1v) is 19.0. The second-order valence-corrected chi connectivity index (χ2v) is 15.0. The van der Waals surface area contributed by atoms with Crippen molar-refractivity contribution in [3.63, 3.8) is 0 Å². The van der Waals surface area contributed by atoms with Crippen molar-refractivity contribution in [1.82, 2.24) is 0 Å². The highest BCUT2D eigenvalue weighted by Crippen LogP contribution is 2.37. The van der Waals surface area contributed by atoms with Gasteiger partial charge in [0.1, 0.15) is 30.2 Å². The Kier molecular flexibility index (Phi) is 14.3. The van der Waals surface area contributed by atoms with E-state index in [0.29, 0.717) is 22.3 Å². The Balaban J connectivity index is 0.000000208. The number of carbonyl (C=O) groups is 5. The van der Waals surface area contributed by atoms with E-state index >= 15 is 0 Å². The lowest BCUT2D eigenvalue weighted by Gasteiger charge is -2.42. The Labute approximate surface area is 328 Å².